The lowest BCUT2D eigenvalue weighted by atomic mass is 9.80. The molecular weight excluding hydrogens is 393 g/mol. The highest BCUT2D eigenvalue weighted by Crippen LogP contribution is 2.40. The minimum absolute atomic E-state index is 0.0436. The summed E-state index contributed by atoms with van der Waals surface area (Å²) in [4.78, 5) is 12.4. The van der Waals surface area contributed by atoms with Gasteiger partial charge in [0.05, 0.1) is 10.8 Å². The van der Waals surface area contributed by atoms with E-state index in [0.29, 0.717) is 18.4 Å². The van der Waals surface area contributed by atoms with E-state index in [-0.39, 0.29) is 24.3 Å². The standard InChI is InChI=1S/C19H27F3N2O3S/c1-18(2,3)24-28(26,27)16-10-5-4-7-14(16)12-23-17(25)13-8-6-9-15(11-13)19(20,21)22/h4-5,7,10,13,15,24H,6,8-9,11-12H2,1-3H3,(H,23,25). The molecule has 1 aliphatic rings. The number of alkyl halides is 3. The molecule has 2 N–H and O–H groups in total. The molecule has 1 aromatic rings. The van der Waals surface area contributed by atoms with E-state index < -0.39 is 39.5 Å². The molecule has 2 atom stereocenters. The second kappa shape index (κ2) is 8.41. The lowest BCUT2D eigenvalue weighted by Gasteiger charge is -2.29. The Labute approximate surface area is 164 Å². The Kier molecular flexibility index (Phi) is 6.81. The highest BCUT2D eigenvalue weighted by molar-refractivity contribution is 7.89. The van der Waals surface area contributed by atoms with Crippen molar-refractivity contribution in [1.82, 2.24) is 10.0 Å². The number of hydrogen-bond donors (Lipinski definition) is 2. The van der Waals surface area contributed by atoms with Crippen molar-refractivity contribution in [2.75, 3.05) is 0 Å². The average molecular weight is 420 g/mol. The van der Waals surface area contributed by atoms with E-state index >= 15 is 0 Å². The van der Waals surface area contributed by atoms with E-state index in [9.17, 15) is 26.4 Å². The number of nitrogens with one attached hydrogen (secondary N) is 2. The number of benzene rings is 1. The second-order valence-electron chi connectivity index (χ2n) is 8.28. The van der Waals surface area contributed by atoms with Crippen molar-refractivity contribution in [3.05, 3.63) is 29.8 Å². The minimum atomic E-state index is -4.29. The molecule has 0 aromatic heterocycles. The van der Waals surface area contributed by atoms with Crippen molar-refractivity contribution in [3.8, 4) is 0 Å². The van der Waals surface area contributed by atoms with E-state index in [4.69, 9.17) is 0 Å². The number of halogens is 3. The maximum atomic E-state index is 12.9. The highest BCUT2D eigenvalue weighted by Gasteiger charge is 2.43. The number of hydrogen-bond acceptors (Lipinski definition) is 3. The summed E-state index contributed by atoms with van der Waals surface area (Å²) in [6.45, 7) is 5.09. The van der Waals surface area contributed by atoms with Crippen molar-refractivity contribution < 1.29 is 26.4 Å². The SMILES string of the molecule is CC(C)(C)NS(=O)(=O)c1ccccc1CNC(=O)C1CCCC(C(F)(F)F)C1. The van der Waals surface area contributed by atoms with Crippen LogP contribution in [0.4, 0.5) is 13.2 Å². The maximum Gasteiger partial charge on any atom is 0.391 e. The van der Waals surface area contributed by atoms with Crippen LogP contribution < -0.4 is 10.0 Å². The lowest BCUT2D eigenvalue weighted by Crippen LogP contribution is -2.41. The van der Waals surface area contributed by atoms with Gasteiger partial charge in [-0.3, -0.25) is 4.79 Å². The third-order valence-corrected chi connectivity index (χ3v) is 6.52. The molecule has 0 saturated heterocycles. The van der Waals surface area contributed by atoms with Gasteiger partial charge in [-0.1, -0.05) is 24.6 Å². The first-order valence-corrected chi connectivity index (χ1v) is 10.7. The van der Waals surface area contributed by atoms with Crippen molar-refractivity contribution in [2.24, 2.45) is 11.8 Å². The predicted molar refractivity (Wildman–Crippen MR) is 99.9 cm³/mol. The molecule has 0 spiro atoms. The third kappa shape index (κ3) is 6.20. The fourth-order valence-electron chi connectivity index (χ4n) is 3.42. The normalized spacial score (nSPS) is 21.4. The summed E-state index contributed by atoms with van der Waals surface area (Å²) >= 11 is 0. The molecule has 0 radical (unpaired) electrons. The van der Waals surface area contributed by atoms with E-state index in [2.05, 4.69) is 10.0 Å². The highest BCUT2D eigenvalue weighted by atomic mass is 32.2. The fraction of sp³-hybridized carbons (Fsp3) is 0.632. The fourth-order valence-corrected chi connectivity index (χ4v) is 5.08. The molecule has 0 heterocycles. The van der Waals surface area contributed by atoms with Gasteiger partial charge in [-0.05, 0) is 51.7 Å². The minimum Gasteiger partial charge on any atom is -0.352 e. The van der Waals surface area contributed by atoms with Crippen LogP contribution in [0, 0.1) is 11.8 Å². The first kappa shape index (κ1) is 22.7. The van der Waals surface area contributed by atoms with Crippen LogP contribution in [0.25, 0.3) is 0 Å². The van der Waals surface area contributed by atoms with Crippen molar-refractivity contribution in [2.45, 2.75) is 69.6 Å². The molecular formula is C19H27F3N2O3S. The zero-order valence-corrected chi connectivity index (χ0v) is 17.1. The van der Waals surface area contributed by atoms with Crippen LogP contribution in [-0.4, -0.2) is 26.0 Å². The van der Waals surface area contributed by atoms with Crippen molar-refractivity contribution >= 4 is 15.9 Å². The van der Waals surface area contributed by atoms with Crippen LogP contribution in [0.1, 0.15) is 52.0 Å². The Balaban J connectivity index is 2.08. The van der Waals surface area contributed by atoms with Crippen LogP contribution in [0.15, 0.2) is 29.2 Å². The summed E-state index contributed by atoms with van der Waals surface area (Å²) in [5, 5.41) is 2.62. The van der Waals surface area contributed by atoms with Crippen LogP contribution in [0.5, 0.6) is 0 Å². The smallest absolute Gasteiger partial charge is 0.352 e. The van der Waals surface area contributed by atoms with E-state index in [1.54, 1.807) is 39.0 Å². The van der Waals surface area contributed by atoms with Gasteiger partial charge < -0.3 is 5.32 Å². The van der Waals surface area contributed by atoms with Crippen LogP contribution in [0.3, 0.4) is 0 Å². The summed E-state index contributed by atoms with van der Waals surface area (Å²) in [7, 11) is -3.80. The molecule has 5 nitrogen and oxygen atoms in total. The van der Waals surface area contributed by atoms with E-state index in [1.807, 2.05) is 0 Å². The Morgan fingerprint density at radius 1 is 1.14 bits per heavy atom. The maximum absolute atomic E-state index is 12.9. The molecule has 1 amide bonds. The first-order chi connectivity index (χ1) is 12.8. The molecule has 28 heavy (non-hydrogen) atoms. The van der Waals surface area contributed by atoms with Gasteiger partial charge in [0.2, 0.25) is 15.9 Å². The van der Waals surface area contributed by atoms with Gasteiger partial charge in [-0.15, -0.1) is 0 Å². The number of rotatable bonds is 5. The Morgan fingerprint density at radius 2 is 1.79 bits per heavy atom. The molecule has 0 aliphatic heterocycles. The van der Waals surface area contributed by atoms with Gasteiger partial charge in [0, 0.05) is 18.0 Å². The third-order valence-electron chi connectivity index (χ3n) is 4.66. The Hall–Kier alpha value is -1.61. The molecule has 9 heteroatoms. The van der Waals surface area contributed by atoms with Gasteiger partial charge >= 0.3 is 6.18 Å². The van der Waals surface area contributed by atoms with Gasteiger partial charge in [0.25, 0.3) is 0 Å². The molecule has 1 fully saturated rings. The van der Waals surface area contributed by atoms with Crippen LogP contribution in [-0.2, 0) is 21.4 Å². The molecule has 1 aliphatic carbocycles. The summed E-state index contributed by atoms with van der Waals surface area (Å²) in [5.74, 6) is -2.64. The molecule has 2 unspecified atom stereocenters. The first-order valence-electron chi connectivity index (χ1n) is 9.26. The molecule has 2 rings (SSSR count). The topological polar surface area (TPSA) is 75.3 Å². The largest absolute Gasteiger partial charge is 0.391 e. The monoisotopic (exact) mass is 420 g/mol. The number of amides is 1. The Morgan fingerprint density at radius 3 is 2.39 bits per heavy atom. The van der Waals surface area contributed by atoms with Gasteiger partial charge in [0.1, 0.15) is 0 Å². The quantitative estimate of drug-likeness (QED) is 0.762. The van der Waals surface area contributed by atoms with E-state index in [0.717, 1.165) is 0 Å². The molecule has 1 saturated carbocycles. The number of carbonyl (C=O) groups excluding carboxylic acids is 1. The zero-order valence-electron chi connectivity index (χ0n) is 16.3. The second-order valence-corrected chi connectivity index (χ2v) is 9.93. The van der Waals surface area contributed by atoms with Crippen LogP contribution >= 0.6 is 0 Å². The van der Waals surface area contributed by atoms with Crippen LogP contribution in [0.2, 0.25) is 0 Å². The summed E-state index contributed by atoms with van der Waals surface area (Å²) in [6.07, 6.45) is -3.71. The molecule has 1 aromatic carbocycles. The predicted octanol–water partition coefficient (Wildman–Crippen LogP) is 3.75. The van der Waals surface area contributed by atoms with Gasteiger partial charge in [0.15, 0.2) is 0 Å². The van der Waals surface area contributed by atoms with Gasteiger partial charge in [-0.25, -0.2) is 13.1 Å². The number of sulfonamides is 1. The van der Waals surface area contributed by atoms with Gasteiger partial charge in [-0.2, -0.15) is 13.2 Å². The lowest BCUT2D eigenvalue weighted by molar-refractivity contribution is -0.186. The summed E-state index contributed by atoms with van der Waals surface area (Å²) in [6, 6.07) is 6.25. The van der Waals surface area contributed by atoms with Crippen molar-refractivity contribution in [3.63, 3.8) is 0 Å². The molecule has 158 valence electrons. The number of carbonyl (C=O) groups is 1. The average Bonchev–Trinajstić information content (AvgIpc) is 2.57. The van der Waals surface area contributed by atoms with E-state index in [1.165, 1.54) is 6.07 Å². The van der Waals surface area contributed by atoms with Crippen molar-refractivity contribution in [1.29, 1.82) is 0 Å². The molecule has 0 bridgehead atoms. The Bertz CT molecular complexity index is 801. The zero-order chi connectivity index (χ0) is 21.2. The summed E-state index contributed by atoms with van der Waals surface area (Å²) in [5.41, 5.74) is -0.292. The summed E-state index contributed by atoms with van der Waals surface area (Å²) < 4.78 is 66.6.